The lowest BCUT2D eigenvalue weighted by Gasteiger charge is -2.29. The zero-order valence-corrected chi connectivity index (χ0v) is 12.4. The third kappa shape index (κ3) is 4.05. The molecule has 1 atom stereocenters. The van der Waals surface area contributed by atoms with Crippen LogP contribution in [-0.4, -0.2) is 53.8 Å². The summed E-state index contributed by atoms with van der Waals surface area (Å²) in [5.41, 5.74) is 6.98. The summed E-state index contributed by atoms with van der Waals surface area (Å²) in [6.07, 6.45) is 3.46. The number of hydrogen-bond donors (Lipinski definition) is 2. The fourth-order valence-electron chi connectivity index (χ4n) is 2.50. The van der Waals surface area contributed by atoms with E-state index < -0.39 is 0 Å². The van der Waals surface area contributed by atoms with E-state index in [0.29, 0.717) is 11.9 Å². The van der Waals surface area contributed by atoms with E-state index >= 15 is 0 Å². The Morgan fingerprint density at radius 3 is 2.85 bits per heavy atom. The molecule has 0 radical (unpaired) electrons. The third-order valence-electron chi connectivity index (χ3n) is 3.50. The molecule has 1 saturated heterocycles. The lowest BCUT2D eigenvalue weighted by Crippen LogP contribution is -2.42. The highest BCUT2D eigenvalue weighted by atomic mass is 16.5. The summed E-state index contributed by atoms with van der Waals surface area (Å²) < 4.78 is 5.37. The highest BCUT2D eigenvalue weighted by Gasteiger charge is 2.15. The SMILES string of the molecule is CCCc1c(N)ncnc1NC(C)CN1CCOCC1. The van der Waals surface area contributed by atoms with E-state index in [1.54, 1.807) is 0 Å². The van der Waals surface area contributed by atoms with Gasteiger partial charge in [0.1, 0.15) is 18.0 Å². The van der Waals surface area contributed by atoms with Gasteiger partial charge in [-0.2, -0.15) is 0 Å². The van der Waals surface area contributed by atoms with Gasteiger partial charge in [-0.05, 0) is 13.3 Å². The van der Waals surface area contributed by atoms with Gasteiger partial charge in [-0.15, -0.1) is 0 Å². The molecule has 20 heavy (non-hydrogen) atoms. The first-order valence-corrected chi connectivity index (χ1v) is 7.36. The number of ether oxygens (including phenoxy) is 1. The van der Waals surface area contributed by atoms with Crippen molar-refractivity contribution in [3.63, 3.8) is 0 Å². The maximum Gasteiger partial charge on any atom is 0.134 e. The zero-order valence-electron chi connectivity index (χ0n) is 12.4. The highest BCUT2D eigenvalue weighted by molar-refractivity contribution is 5.55. The molecule has 112 valence electrons. The van der Waals surface area contributed by atoms with Crippen LogP contribution in [0, 0.1) is 0 Å². The second-order valence-corrected chi connectivity index (χ2v) is 5.29. The highest BCUT2D eigenvalue weighted by Crippen LogP contribution is 2.19. The molecule has 1 aliphatic rings. The van der Waals surface area contributed by atoms with Crippen LogP contribution >= 0.6 is 0 Å². The van der Waals surface area contributed by atoms with Gasteiger partial charge in [-0.3, -0.25) is 4.90 Å². The van der Waals surface area contributed by atoms with Crippen molar-refractivity contribution in [1.82, 2.24) is 14.9 Å². The second-order valence-electron chi connectivity index (χ2n) is 5.29. The Morgan fingerprint density at radius 1 is 1.40 bits per heavy atom. The zero-order chi connectivity index (χ0) is 14.4. The van der Waals surface area contributed by atoms with Gasteiger partial charge >= 0.3 is 0 Å². The van der Waals surface area contributed by atoms with Gasteiger partial charge in [0, 0.05) is 31.2 Å². The van der Waals surface area contributed by atoms with Crippen molar-refractivity contribution in [2.24, 2.45) is 0 Å². The average Bonchev–Trinajstić information content (AvgIpc) is 2.44. The number of nitrogens with one attached hydrogen (secondary N) is 1. The molecule has 1 unspecified atom stereocenters. The molecular formula is C14H25N5O. The fourth-order valence-corrected chi connectivity index (χ4v) is 2.50. The van der Waals surface area contributed by atoms with Crippen molar-refractivity contribution in [1.29, 1.82) is 0 Å². The van der Waals surface area contributed by atoms with Crippen LogP contribution in [0.4, 0.5) is 11.6 Å². The Kier molecular flexibility index (Phi) is 5.55. The maximum absolute atomic E-state index is 5.95. The smallest absolute Gasteiger partial charge is 0.134 e. The first-order valence-electron chi connectivity index (χ1n) is 7.36. The first kappa shape index (κ1) is 15.0. The van der Waals surface area contributed by atoms with Crippen LogP contribution in [-0.2, 0) is 11.2 Å². The molecule has 3 N–H and O–H groups in total. The number of rotatable bonds is 6. The summed E-state index contributed by atoms with van der Waals surface area (Å²) in [6.45, 7) is 8.94. The van der Waals surface area contributed by atoms with Crippen molar-refractivity contribution in [3.8, 4) is 0 Å². The largest absolute Gasteiger partial charge is 0.383 e. The number of nitrogen functional groups attached to an aromatic ring is 1. The lowest BCUT2D eigenvalue weighted by atomic mass is 10.1. The molecular weight excluding hydrogens is 254 g/mol. The lowest BCUT2D eigenvalue weighted by molar-refractivity contribution is 0.0368. The van der Waals surface area contributed by atoms with Gasteiger partial charge in [0.25, 0.3) is 0 Å². The molecule has 2 rings (SSSR count). The van der Waals surface area contributed by atoms with E-state index in [1.165, 1.54) is 6.33 Å². The van der Waals surface area contributed by atoms with Crippen LogP contribution in [0.3, 0.4) is 0 Å². The Hall–Kier alpha value is -1.40. The van der Waals surface area contributed by atoms with E-state index in [-0.39, 0.29) is 0 Å². The van der Waals surface area contributed by atoms with Gasteiger partial charge < -0.3 is 15.8 Å². The summed E-state index contributed by atoms with van der Waals surface area (Å²) in [6, 6.07) is 0.318. The monoisotopic (exact) mass is 279 g/mol. The van der Waals surface area contributed by atoms with Crippen LogP contribution in [0.1, 0.15) is 25.8 Å². The van der Waals surface area contributed by atoms with E-state index in [9.17, 15) is 0 Å². The molecule has 6 heteroatoms. The van der Waals surface area contributed by atoms with Crippen LogP contribution in [0.25, 0.3) is 0 Å². The molecule has 2 heterocycles. The van der Waals surface area contributed by atoms with E-state index in [2.05, 4.69) is 34.0 Å². The molecule has 0 aromatic carbocycles. The molecule has 1 fully saturated rings. The second kappa shape index (κ2) is 7.40. The van der Waals surface area contributed by atoms with E-state index in [0.717, 1.165) is 57.1 Å². The Morgan fingerprint density at radius 2 is 2.15 bits per heavy atom. The molecule has 0 aliphatic carbocycles. The maximum atomic E-state index is 5.95. The quantitative estimate of drug-likeness (QED) is 0.813. The third-order valence-corrected chi connectivity index (χ3v) is 3.50. The Balaban J connectivity index is 1.96. The number of hydrogen-bond acceptors (Lipinski definition) is 6. The number of nitrogens with two attached hydrogens (primary N) is 1. The van der Waals surface area contributed by atoms with Crippen LogP contribution in [0.15, 0.2) is 6.33 Å². The van der Waals surface area contributed by atoms with Crippen LogP contribution in [0.2, 0.25) is 0 Å². The first-order chi connectivity index (χ1) is 9.70. The fraction of sp³-hybridized carbons (Fsp3) is 0.714. The molecule has 0 amide bonds. The topological polar surface area (TPSA) is 76.3 Å². The molecule has 0 spiro atoms. The number of aromatic nitrogens is 2. The van der Waals surface area contributed by atoms with Crippen molar-refractivity contribution in [2.75, 3.05) is 43.9 Å². The summed E-state index contributed by atoms with van der Waals surface area (Å²) in [4.78, 5) is 10.8. The van der Waals surface area contributed by atoms with Gasteiger partial charge in [-0.25, -0.2) is 9.97 Å². The minimum atomic E-state index is 0.318. The average molecular weight is 279 g/mol. The van der Waals surface area contributed by atoms with Gasteiger partial charge in [0.15, 0.2) is 0 Å². The molecule has 1 aliphatic heterocycles. The van der Waals surface area contributed by atoms with Crippen LogP contribution in [0.5, 0.6) is 0 Å². The summed E-state index contributed by atoms with van der Waals surface area (Å²) >= 11 is 0. The van der Waals surface area contributed by atoms with E-state index in [4.69, 9.17) is 10.5 Å². The van der Waals surface area contributed by atoms with Crippen molar-refractivity contribution < 1.29 is 4.74 Å². The van der Waals surface area contributed by atoms with Gasteiger partial charge in [0.05, 0.1) is 13.2 Å². The molecule has 1 aromatic heterocycles. The van der Waals surface area contributed by atoms with Crippen molar-refractivity contribution in [3.05, 3.63) is 11.9 Å². The normalized spacial score (nSPS) is 17.9. The van der Waals surface area contributed by atoms with E-state index in [1.807, 2.05) is 0 Å². The number of anilines is 2. The Labute approximate surface area is 120 Å². The summed E-state index contributed by atoms with van der Waals surface area (Å²) in [5, 5.41) is 3.47. The standard InChI is InChI=1S/C14H25N5O/c1-3-4-12-13(15)16-10-17-14(12)18-11(2)9-19-5-7-20-8-6-19/h10-11H,3-9H2,1-2H3,(H3,15,16,17,18). The minimum Gasteiger partial charge on any atom is -0.383 e. The molecule has 0 saturated carbocycles. The molecule has 1 aromatic rings. The predicted octanol–water partition coefficient (Wildman–Crippen LogP) is 1.14. The van der Waals surface area contributed by atoms with Crippen molar-refractivity contribution >= 4 is 11.6 Å². The van der Waals surface area contributed by atoms with Gasteiger partial charge in [-0.1, -0.05) is 13.3 Å². The van der Waals surface area contributed by atoms with Crippen molar-refractivity contribution in [2.45, 2.75) is 32.7 Å². The molecule has 6 nitrogen and oxygen atoms in total. The Bertz CT molecular complexity index is 420. The summed E-state index contributed by atoms with van der Waals surface area (Å²) in [7, 11) is 0. The number of morpholine rings is 1. The van der Waals surface area contributed by atoms with Gasteiger partial charge in [0.2, 0.25) is 0 Å². The molecule has 0 bridgehead atoms. The van der Waals surface area contributed by atoms with Crippen LogP contribution < -0.4 is 11.1 Å². The summed E-state index contributed by atoms with van der Waals surface area (Å²) in [5.74, 6) is 1.46. The predicted molar refractivity (Wildman–Crippen MR) is 80.8 cm³/mol. The number of nitrogens with zero attached hydrogens (tertiary/aromatic N) is 3. The minimum absolute atomic E-state index is 0.318.